The first-order chi connectivity index (χ1) is 10.1. The number of hydrogen-bond donors (Lipinski definition) is 2. The van der Waals surface area contributed by atoms with Gasteiger partial charge in [-0.1, -0.05) is 18.2 Å². The van der Waals surface area contributed by atoms with E-state index in [-0.39, 0.29) is 18.5 Å². The lowest BCUT2D eigenvalue weighted by Crippen LogP contribution is -2.19. The van der Waals surface area contributed by atoms with Crippen molar-refractivity contribution in [1.29, 1.82) is 0 Å². The minimum atomic E-state index is -0.523. The molecule has 0 aliphatic carbocycles. The molecule has 0 bridgehead atoms. The Morgan fingerprint density at radius 2 is 1.90 bits per heavy atom. The van der Waals surface area contributed by atoms with E-state index in [1.165, 1.54) is 6.07 Å². The zero-order valence-electron chi connectivity index (χ0n) is 11.7. The maximum atomic E-state index is 13.7. The van der Waals surface area contributed by atoms with E-state index in [0.29, 0.717) is 11.3 Å². The fraction of sp³-hybridized carbons (Fsp3) is 0.188. The minimum Gasteiger partial charge on any atom is -0.484 e. The maximum Gasteiger partial charge on any atom is 0.255 e. The SMILES string of the molecule is CC(Nc1ccc(OCC(N)=O)cc1)c1ccccc1F. The van der Waals surface area contributed by atoms with Crippen LogP contribution in [-0.2, 0) is 4.79 Å². The Morgan fingerprint density at radius 1 is 1.24 bits per heavy atom. The molecule has 0 radical (unpaired) electrons. The van der Waals surface area contributed by atoms with Gasteiger partial charge in [0.05, 0.1) is 6.04 Å². The maximum absolute atomic E-state index is 13.7. The quantitative estimate of drug-likeness (QED) is 0.859. The van der Waals surface area contributed by atoms with Crippen LogP contribution in [0.15, 0.2) is 48.5 Å². The van der Waals surface area contributed by atoms with Crippen LogP contribution in [0.4, 0.5) is 10.1 Å². The van der Waals surface area contributed by atoms with Crippen molar-refractivity contribution < 1.29 is 13.9 Å². The van der Waals surface area contributed by atoms with Crippen molar-refractivity contribution in [2.24, 2.45) is 5.73 Å². The predicted molar refractivity (Wildman–Crippen MR) is 79.6 cm³/mol. The second kappa shape index (κ2) is 6.74. The van der Waals surface area contributed by atoms with Crippen molar-refractivity contribution >= 4 is 11.6 Å². The lowest BCUT2D eigenvalue weighted by atomic mass is 10.1. The Bertz CT molecular complexity index is 614. The van der Waals surface area contributed by atoms with E-state index in [4.69, 9.17) is 10.5 Å². The molecule has 2 rings (SSSR count). The molecule has 0 saturated heterocycles. The second-order valence-electron chi connectivity index (χ2n) is 4.67. The topological polar surface area (TPSA) is 64.3 Å². The fourth-order valence-electron chi connectivity index (χ4n) is 1.96. The highest BCUT2D eigenvalue weighted by atomic mass is 19.1. The van der Waals surface area contributed by atoms with Crippen molar-refractivity contribution in [3.8, 4) is 5.75 Å². The van der Waals surface area contributed by atoms with Crippen LogP contribution in [-0.4, -0.2) is 12.5 Å². The molecule has 0 heterocycles. The number of rotatable bonds is 6. The average molecular weight is 288 g/mol. The molecule has 2 aromatic rings. The van der Waals surface area contributed by atoms with E-state index in [2.05, 4.69) is 5.32 Å². The summed E-state index contributed by atoms with van der Waals surface area (Å²) < 4.78 is 18.8. The Labute approximate surface area is 122 Å². The number of nitrogens with one attached hydrogen (secondary N) is 1. The van der Waals surface area contributed by atoms with Crippen molar-refractivity contribution in [1.82, 2.24) is 0 Å². The van der Waals surface area contributed by atoms with Crippen molar-refractivity contribution in [3.05, 3.63) is 59.9 Å². The minimum absolute atomic E-state index is 0.154. The molecule has 0 aliphatic rings. The van der Waals surface area contributed by atoms with Crippen LogP contribution >= 0.6 is 0 Å². The molecule has 2 aromatic carbocycles. The normalized spacial score (nSPS) is 11.7. The Balaban J connectivity index is 2.00. The summed E-state index contributed by atoms with van der Waals surface area (Å²) in [5.74, 6) is -0.206. The number of nitrogens with two attached hydrogens (primary N) is 1. The average Bonchev–Trinajstić information content (AvgIpc) is 2.47. The lowest BCUT2D eigenvalue weighted by molar-refractivity contribution is -0.119. The highest BCUT2D eigenvalue weighted by Gasteiger charge is 2.09. The predicted octanol–water partition coefficient (Wildman–Crippen LogP) is 2.86. The molecule has 1 atom stereocenters. The van der Waals surface area contributed by atoms with Crippen LogP contribution in [0, 0.1) is 5.82 Å². The highest BCUT2D eigenvalue weighted by Crippen LogP contribution is 2.23. The van der Waals surface area contributed by atoms with Gasteiger partial charge in [0.1, 0.15) is 11.6 Å². The fourth-order valence-corrected chi connectivity index (χ4v) is 1.96. The summed E-state index contributed by atoms with van der Waals surface area (Å²) in [6.07, 6.45) is 0. The number of halogens is 1. The van der Waals surface area contributed by atoms with Crippen molar-refractivity contribution in [2.75, 3.05) is 11.9 Å². The summed E-state index contributed by atoms with van der Waals surface area (Å²) in [6.45, 7) is 1.73. The molecule has 110 valence electrons. The van der Waals surface area contributed by atoms with E-state index in [1.807, 2.05) is 6.92 Å². The number of amides is 1. The summed E-state index contributed by atoms with van der Waals surface area (Å²) in [4.78, 5) is 10.6. The first kappa shape index (κ1) is 14.8. The molecule has 4 nitrogen and oxygen atoms in total. The number of hydrogen-bond acceptors (Lipinski definition) is 3. The zero-order chi connectivity index (χ0) is 15.2. The number of carbonyl (C=O) groups is 1. The van der Waals surface area contributed by atoms with Crippen LogP contribution in [0.25, 0.3) is 0 Å². The van der Waals surface area contributed by atoms with Gasteiger partial charge in [-0.05, 0) is 37.3 Å². The Hall–Kier alpha value is -2.56. The van der Waals surface area contributed by atoms with Crippen molar-refractivity contribution in [3.63, 3.8) is 0 Å². The molecule has 0 aromatic heterocycles. The van der Waals surface area contributed by atoms with Crippen LogP contribution in [0.5, 0.6) is 5.75 Å². The van der Waals surface area contributed by atoms with Gasteiger partial charge in [-0.3, -0.25) is 4.79 Å². The monoisotopic (exact) mass is 288 g/mol. The molecular formula is C16H17FN2O2. The number of ether oxygens (including phenoxy) is 1. The molecule has 21 heavy (non-hydrogen) atoms. The number of carbonyl (C=O) groups excluding carboxylic acids is 1. The first-order valence-corrected chi connectivity index (χ1v) is 6.58. The van der Waals surface area contributed by atoms with Gasteiger partial charge in [0.25, 0.3) is 5.91 Å². The molecule has 0 fully saturated rings. The highest BCUT2D eigenvalue weighted by molar-refractivity contribution is 5.75. The number of anilines is 1. The van der Waals surface area contributed by atoms with Crippen LogP contribution in [0.1, 0.15) is 18.5 Å². The number of benzene rings is 2. The molecule has 3 N–H and O–H groups in total. The van der Waals surface area contributed by atoms with Crippen molar-refractivity contribution in [2.45, 2.75) is 13.0 Å². The molecule has 0 spiro atoms. The van der Waals surface area contributed by atoms with Crippen LogP contribution < -0.4 is 15.8 Å². The Kier molecular flexibility index (Phi) is 4.77. The van der Waals surface area contributed by atoms with Gasteiger partial charge in [-0.15, -0.1) is 0 Å². The molecule has 0 saturated carbocycles. The van der Waals surface area contributed by atoms with Crippen LogP contribution in [0.3, 0.4) is 0 Å². The third-order valence-electron chi connectivity index (χ3n) is 2.99. The third-order valence-corrected chi connectivity index (χ3v) is 2.99. The molecule has 1 unspecified atom stereocenters. The zero-order valence-corrected chi connectivity index (χ0v) is 11.7. The van der Waals surface area contributed by atoms with Gasteiger partial charge in [-0.25, -0.2) is 4.39 Å². The molecule has 1 amide bonds. The van der Waals surface area contributed by atoms with Gasteiger partial charge < -0.3 is 15.8 Å². The largest absolute Gasteiger partial charge is 0.484 e. The lowest BCUT2D eigenvalue weighted by Gasteiger charge is -2.16. The summed E-state index contributed by atoms with van der Waals surface area (Å²) >= 11 is 0. The molecule has 0 aliphatic heterocycles. The Morgan fingerprint density at radius 3 is 2.52 bits per heavy atom. The van der Waals surface area contributed by atoms with E-state index in [0.717, 1.165) is 5.69 Å². The summed E-state index contributed by atoms with van der Waals surface area (Å²) in [7, 11) is 0. The standard InChI is InChI=1S/C16H17FN2O2/c1-11(14-4-2-3-5-15(14)17)19-12-6-8-13(9-7-12)21-10-16(18)20/h2-9,11,19H,10H2,1H3,(H2,18,20). The molecular weight excluding hydrogens is 271 g/mol. The molecule has 5 heteroatoms. The van der Waals surface area contributed by atoms with Gasteiger partial charge in [-0.2, -0.15) is 0 Å². The van der Waals surface area contributed by atoms with Gasteiger partial charge in [0.2, 0.25) is 0 Å². The van der Waals surface area contributed by atoms with Crippen LogP contribution in [0.2, 0.25) is 0 Å². The van der Waals surface area contributed by atoms with Gasteiger partial charge in [0.15, 0.2) is 6.61 Å². The summed E-state index contributed by atoms with van der Waals surface area (Å²) in [5.41, 5.74) is 6.44. The third kappa shape index (κ3) is 4.21. The summed E-state index contributed by atoms with van der Waals surface area (Å²) in [6, 6.07) is 13.5. The van der Waals surface area contributed by atoms with Gasteiger partial charge in [0, 0.05) is 11.3 Å². The first-order valence-electron chi connectivity index (χ1n) is 6.58. The second-order valence-corrected chi connectivity index (χ2v) is 4.67. The van der Waals surface area contributed by atoms with Gasteiger partial charge >= 0.3 is 0 Å². The van der Waals surface area contributed by atoms with E-state index in [9.17, 15) is 9.18 Å². The van der Waals surface area contributed by atoms with E-state index in [1.54, 1.807) is 42.5 Å². The number of primary amides is 1. The summed E-state index contributed by atoms with van der Waals surface area (Å²) in [5, 5.41) is 3.20. The van der Waals surface area contributed by atoms with E-state index >= 15 is 0 Å². The van der Waals surface area contributed by atoms with E-state index < -0.39 is 5.91 Å². The smallest absolute Gasteiger partial charge is 0.255 e.